The molecule has 4 nitrogen and oxygen atoms in total. The molecule has 5 heteroatoms. The molecule has 122 valence electrons. The summed E-state index contributed by atoms with van der Waals surface area (Å²) in [5, 5.41) is 0. The Kier molecular flexibility index (Phi) is 4.98. The van der Waals surface area contributed by atoms with Crippen molar-refractivity contribution in [3.05, 3.63) is 54.6 Å². The third-order valence-electron chi connectivity index (χ3n) is 4.01. The van der Waals surface area contributed by atoms with Gasteiger partial charge in [-0.3, -0.25) is 0 Å². The minimum atomic E-state index is -3.40. The minimum absolute atomic E-state index is 0.333. The second-order valence-corrected chi connectivity index (χ2v) is 7.64. The molecule has 0 bridgehead atoms. The number of ether oxygens (including phenoxy) is 1. The van der Waals surface area contributed by atoms with Gasteiger partial charge in [-0.2, -0.15) is 4.31 Å². The lowest BCUT2D eigenvalue weighted by molar-refractivity contribution is 0.423. The molecule has 3 rings (SSSR count). The van der Waals surface area contributed by atoms with Gasteiger partial charge in [-0.15, -0.1) is 0 Å². The van der Waals surface area contributed by atoms with Gasteiger partial charge in [0.2, 0.25) is 10.0 Å². The number of sulfonamides is 1. The zero-order valence-electron chi connectivity index (χ0n) is 13.0. The number of benzene rings is 2. The first-order chi connectivity index (χ1) is 11.2. The summed E-state index contributed by atoms with van der Waals surface area (Å²) in [6.07, 6.45) is 4.09. The quantitative estimate of drug-likeness (QED) is 0.849. The summed E-state index contributed by atoms with van der Waals surface area (Å²) in [6, 6.07) is 16.1. The highest BCUT2D eigenvalue weighted by molar-refractivity contribution is 7.89. The van der Waals surface area contributed by atoms with Crippen molar-refractivity contribution in [1.29, 1.82) is 0 Å². The van der Waals surface area contributed by atoms with Crippen molar-refractivity contribution in [2.45, 2.75) is 30.6 Å². The number of nitrogens with zero attached hydrogens (tertiary/aromatic N) is 1. The lowest BCUT2D eigenvalue weighted by Crippen LogP contribution is -2.31. The monoisotopic (exact) mass is 331 g/mol. The Morgan fingerprint density at radius 2 is 1.30 bits per heavy atom. The number of hydrogen-bond acceptors (Lipinski definition) is 3. The van der Waals surface area contributed by atoms with Crippen LogP contribution in [0, 0.1) is 0 Å². The molecule has 1 saturated heterocycles. The van der Waals surface area contributed by atoms with Crippen molar-refractivity contribution in [3.8, 4) is 11.5 Å². The van der Waals surface area contributed by atoms with E-state index in [9.17, 15) is 8.42 Å². The van der Waals surface area contributed by atoms with Crippen molar-refractivity contribution in [3.63, 3.8) is 0 Å². The zero-order valence-corrected chi connectivity index (χ0v) is 13.8. The van der Waals surface area contributed by atoms with E-state index < -0.39 is 10.0 Å². The zero-order chi connectivity index (χ0) is 16.1. The predicted molar refractivity (Wildman–Crippen MR) is 90.2 cm³/mol. The highest BCUT2D eigenvalue weighted by Gasteiger charge is 2.24. The summed E-state index contributed by atoms with van der Waals surface area (Å²) in [5.74, 6) is 1.36. The molecule has 0 saturated carbocycles. The molecule has 1 heterocycles. The number of para-hydroxylation sites is 1. The third-order valence-corrected chi connectivity index (χ3v) is 5.92. The van der Waals surface area contributed by atoms with E-state index in [1.807, 2.05) is 30.3 Å². The van der Waals surface area contributed by atoms with E-state index in [-0.39, 0.29) is 0 Å². The van der Waals surface area contributed by atoms with Gasteiger partial charge in [0.1, 0.15) is 11.5 Å². The van der Waals surface area contributed by atoms with Crippen LogP contribution in [-0.2, 0) is 10.0 Å². The van der Waals surface area contributed by atoms with E-state index in [0.717, 1.165) is 31.4 Å². The highest BCUT2D eigenvalue weighted by Crippen LogP contribution is 2.25. The maximum Gasteiger partial charge on any atom is 0.243 e. The van der Waals surface area contributed by atoms with Crippen molar-refractivity contribution in [2.24, 2.45) is 0 Å². The lowest BCUT2D eigenvalue weighted by Gasteiger charge is -2.20. The van der Waals surface area contributed by atoms with Gasteiger partial charge in [-0.1, -0.05) is 31.0 Å². The second kappa shape index (κ2) is 7.15. The number of hydrogen-bond donors (Lipinski definition) is 0. The van der Waals surface area contributed by atoms with Gasteiger partial charge >= 0.3 is 0 Å². The normalized spacial score (nSPS) is 16.7. The van der Waals surface area contributed by atoms with Crippen LogP contribution in [0.5, 0.6) is 11.5 Å². The van der Waals surface area contributed by atoms with E-state index >= 15 is 0 Å². The average Bonchev–Trinajstić information content (AvgIpc) is 2.86. The summed E-state index contributed by atoms with van der Waals surface area (Å²) in [4.78, 5) is 0.333. The summed E-state index contributed by atoms with van der Waals surface area (Å²) in [7, 11) is -3.40. The van der Waals surface area contributed by atoms with Gasteiger partial charge in [-0.05, 0) is 49.2 Å². The van der Waals surface area contributed by atoms with Gasteiger partial charge in [-0.25, -0.2) is 8.42 Å². The van der Waals surface area contributed by atoms with Crippen molar-refractivity contribution in [2.75, 3.05) is 13.1 Å². The molecule has 2 aromatic rings. The van der Waals surface area contributed by atoms with Gasteiger partial charge in [0.15, 0.2) is 0 Å². The largest absolute Gasteiger partial charge is 0.457 e. The minimum Gasteiger partial charge on any atom is -0.457 e. The third kappa shape index (κ3) is 3.92. The molecule has 0 unspecified atom stereocenters. The Hall–Kier alpha value is -1.85. The maximum absolute atomic E-state index is 12.7. The van der Waals surface area contributed by atoms with Crippen LogP contribution in [0.3, 0.4) is 0 Å². The smallest absolute Gasteiger partial charge is 0.243 e. The molecule has 2 aromatic carbocycles. The molecule has 0 aliphatic carbocycles. The first kappa shape index (κ1) is 16.0. The molecule has 0 amide bonds. The molecule has 1 aliphatic heterocycles. The summed E-state index contributed by atoms with van der Waals surface area (Å²) < 4.78 is 32.7. The summed E-state index contributed by atoms with van der Waals surface area (Å²) >= 11 is 0. The van der Waals surface area contributed by atoms with Gasteiger partial charge in [0.05, 0.1) is 4.90 Å². The molecule has 23 heavy (non-hydrogen) atoms. The fourth-order valence-electron chi connectivity index (χ4n) is 2.74. The highest BCUT2D eigenvalue weighted by atomic mass is 32.2. The Morgan fingerprint density at radius 1 is 0.739 bits per heavy atom. The fraction of sp³-hybridized carbons (Fsp3) is 0.333. The number of rotatable bonds is 4. The first-order valence-corrected chi connectivity index (χ1v) is 9.43. The Morgan fingerprint density at radius 3 is 1.91 bits per heavy atom. The fourth-order valence-corrected chi connectivity index (χ4v) is 4.25. The molecule has 0 radical (unpaired) electrons. The average molecular weight is 331 g/mol. The van der Waals surface area contributed by atoms with Crippen LogP contribution < -0.4 is 4.74 Å². The van der Waals surface area contributed by atoms with Crippen molar-refractivity contribution in [1.82, 2.24) is 4.31 Å². The standard InChI is InChI=1S/C18H21NO3S/c20-23(21,19-14-6-1-2-7-15-19)18-12-10-17(11-13-18)22-16-8-4-3-5-9-16/h3-5,8-13H,1-2,6-7,14-15H2. The SMILES string of the molecule is O=S(=O)(c1ccc(Oc2ccccc2)cc1)N1CCCCCC1. The van der Waals surface area contributed by atoms with Crippen LogP contribution in [0.15, 0.2) is 59.5 Å². The summed E-state index contributed by atoms with van der Waals surface area (Å²) in [5.41, 5.74) is 0. The Bertz CT molecular complexity index is 719. The van der Waals surface area contributed by atoms with Gasteiger partial charge in [0.25, 0.3) is 0 Å². The second-order valence-electron chi connectivity index (χ2n) is 5.70. The molecule has 1 fully saturated rings. The van der Waals surface area contributed by atoms with Crippen LogP contribution >= 0.6 is 0 Å². The van der Waals surface area contributed by atoms with Crippen LogP contribution in [0.2, 0.25) is 0 Å². The van der Waals surface area contributed by atoms with Gasteiger partial charge < -0.3 is 4.74 Å². The van der Waals surface area contributed by atoms with E-state index in [1.54, 1.807) is 28.6 Å². The van der Waals surface area contributed by atoms with Crippen LogP contribution in [-0.4, -0.2) is 25.8 Å². The Balaban J connectivity index is 1.75. The van der Waals surface area contributed by atoms with Gasteiger partial charge in [0, 0.05) is 13.1 Å². The predicted octanol–water partition coefficient (Wildman–Crippen LogP) is 4.04. The van der Waals surface area contributed by atoms with Crippen molar-refractivity contribution >= 4 is 10.0 Å². The van der Waals surface area contributed by atoms with E-state index in [1.165, 1.54) is 0 Å². The van der Waals surface area contributed by atoms with Crippen LogP contribution in [0.25, 0.3) is 0 Å². The first-order valence-electron chi connectivity index (χ1n) is 7.99. The molecule has 0 spiro atoms. The molecular weight excluding hydrogens is 310 g/mol. The summed E-state index contributed by atoms with van der Waals surface area (Å²) in [6.45, 7) is 1.23. The molecule has 0 aromatic heterocycles. The van der Waals surface area contributed by atoms with Crippen LogP contribution in [0.4, 0.5) is 0 Å². The molecule has 1 aliphatic rings. The lowest BCUT2D eigenvalue weighted by atomic mass is 10.2. The Labute approximate surface area is 137 Å². The maximum atomic E-state index is 12.7. The van der Waals surface area contributed by atoms with Crippen LogP contribution in [0.1, 0.15) is 25.7 Å². The van der Waals surface area contributed by atoms with E-state index in [4.69, 9.17) is 4.74 Å². The topological polar surface area (TPSA) is 46.6 Å². The molecule has 0 atom stereocenters. The molecule has 0 N–H and O–H groups in total. The van der Waals surface area contributed by atoms with E-state index in [2.05, 4.69) is 0 Å². The van der Waals surface area contributed by atoms with Crippen molar-refractivity contribution < 1.29 is 13.2 Å². The molecular formula is C18H21NO3S. The van der Waals surface area contributed by atoms with E-state index in [0.29, 0.717) is 23.7 Å².